The van der Waals surface area contributed by atoms with Crippen molar-refractivity contribution in [1.29, 1.82) is 0 Å². The van der Waals surface area contributed by atoms with Crippen LogP contribution in [0.4, 0.5) is 23.7 Å². The number of hydrogen-bond donors (Lipinski definition) is 2. The number of hydroxylamine groups is 1. The summed E-state index contributed by atoms with van der Waals surface area (Å²) >= 11 is 0. The zero-order valence-corrected chi connectivity index (χ0v) is 14.4. The molecule has 0 spiro atoms. The van der Waals surface area contributed by atoms with Crippen LogP contribution >= 0.6 is 0 Å². The summed E-state index contributed by atoms with van der Waals surface area (Å²) in [6.07, 6.45) is -3.81. The molecule has 0 saturated heterocycles. The van der Waals surface area contributed by atoms with Crippen molar-refractivity contribution in [1.82, 2.24) is 5.32 Å². The van der Waals surface area contributed by atoms with E-state index in [1.807, 2.05) is 0 Å². The first-order valence-corrected chi connectivity index (χ1v) is 7.78. The first-order chi connectivity index (χ1) is 12.6. The smallest absolute Gasteiger partial charge is 0.333 e. The number of hydrazone groups is 1. The van der Waals surface area contributed by atoms with Crippen LogP contribution in [0, 0.1) is 0 Å². The molecule has 0 fully saturated rings. The summed E-state index contributed by atoms with van der Waals surface area (Å²) in [7, 11) is 0. The van der Waals surface area contributed by atoms with E-state index < -0.39 is 18.2 Å². The fourth-order valence-electron chi connectivity index (χ4n) is 2.20. The summed E-state index contributed by atoms with van der Waals surface area (Å²) < 4.78 is 37.7. The van der Waals surface area contributed by atoms with E-state index in [1.54, 1.807) is 38.1 Å². The van der Waals surface area contributed by atoms with Crippen molar-refractivity contribution in [3.63, 3.8) is 0 Å². The first kappa shape index (κ1) is 20.0. The maximum atomic E-state index is 12.6. The molecule has 2 aromatic carbocycles. The van der Waals surface area contributed by atoms with E-state index >= 15 is 0 Å². The monoisotopic (exact) mass is 382 g/mol. The van der Waals surface area contributed by atoms with Gasteiger partial charge in [0, 0.05) is 6.04 Å². The van der Waals surface area contributed by atoms with E-state index in [2.05, 4.69) is 15.3 Å². The van der Waals surface area contributed by atoms with E-state index in [0.717, 1.165) is 10.9 Å². The molecule has 0 atom stereocenters. The van der Waals surface area contributed by atoms with Gasteiger partial charge in [-0.25, -0.2) is 9.59 Å². The Balaban J connectivity index is 2.42. The first-order valence-electron chi connectivity index (χ1n) is 7.78. The van der Waals surface area contributed by atoms with E-state index in [9.17, 15) is 22.8 Å². The molecule has 0 radical (unpaired) electrons. The highest BCUT2D eigenvalue weighted by molar-refractivity contribution is 5.97. The fourth-order valence-corrected chi connectivity index (χ4v) is 2.20. The summed E-state index contributed by atoms with van der Waals surface area (Å²) in [5, 5.41) is 7.41. The number of rotatable bonds is 3. The van der Waals surface area contributed by atoms with Crippen LogP contribution in [0.15, 0.2) is 41.5 Å². The number of hydrogen-bond acceptors (Lipinski definition) is 5. The molecule has 0 aliphatic carbocycles. The molecule has 0 saturated carbocycles. The minimum Gasteiger partial charge on any atom is -0.333 e. The van der Waals surface area contributed by atoms with Crippen LogP contribution in [-0.2, 0) is 9.63 Å². The predicted molar refractivity (Wildman–Crippen MR) is 94.0 cm³/mol. The number of anilines is 1. The normalized spacial score (nSPS) is 11.8. The van der Waals surface area contributed by atoms with Gasteiger partial charge in [-0.15, -0.1) is 5.06 Å². The van der Waals surface area contributed by atoms with Gasteiger partial charge in [0.1, 0.15) is 0 Å². The summed E-state index contributed by atoms with van der Waals surface area (Å²) in [4.78, 5) is 27.7. The van der Waals surface area contributed by atoms with Gasteiger partial charge in [0.2, 0.25) is 0 Å². The van der Waals surface area contributed by atoms with Crippen molar-refractivity contribution < 1.29 is 27.6 Å². The van der Waals surface area contributed by atoms with Crippen LogP contribution in [0.2, 0.25) is 0 Å². The van der Waals surface area contributed by atoms with Crippen molar-refractivity contribution in [2.45, 2.75) is 26.1 Å². The van der Waals surface area contributed by atoms with Crippen LogP contribution < -0.4 is 16.2 Å². The average molecular weight is 382 g/mol. The Kier molecular flexibility index (Phi) is 5.88. The van der Waals surface area contributed by atoms with Gasteiger partial charge in [0.05, 0.1) is 11.9 Å². The molecule has 0 bridgehead atoms. The Morgan fingerprint density at radius 2 is 1.81 bits per heavy atom. The van der Waals surface area contributed by atoms with Crippen molar-refractivity contribution in [3.05, 3.63) is 42.0 Å². The molecule has 3 N–H and O–H groups in total. The lowest BCUT2D eigenvalue weighted by Gasteiger charge is -2.23. The highest BCUT2D eigenvalue weighted by Crippen LogP contribution is 2.25. The van der Waals surface area contributed by atoms with E-state index in [4.69, 9.17) is 5.84 Å². The highest BCUT2D eigenvalue weighted by Gasteiger charge is 2.43. The predicted octanol–water partition coefficient (Wildman–Crippen LogP) is 3.08. The molecule has 27 heavy (non-hydrogen) atoms. The van der Waals surface area contributed by atoms with Crippen molar-refractivity contribution in [2.24, 2.45) is 10.9 Å². The summed E-state index contributed by atoms with van der Waals surface area (Å²) in [6, 6.07) is 8.04. The molecule has 2 rings (SSSR count). The maximum absolute atomic E-state index is 12.6. The summed E-state index contributed by atoms with van der Waals surface area (Å²) in [5.74, 6) is 2.60. The molecule has 2 aromatic rings. The van der Waals surface area contributed by atoms with Gasteiger partial charge in [-0.1, -0.05) is 18.2 Å². The quantitative estimate of drug-likeness (QED) is 0.484. The second-order valence-corrected chi connectivity index (χ2v) is 5.84. The Bertz CT molecular complexity index is 881. The molecule has 2 amide bonds. The third kappa shape index (κ3) is 5.09. The lowest BCUT2D eigenvalue weighted by atomic mass is 10.1. The lowest BCUT2D eigenvalue weighted by molar-refractivity contribution is -0.199. The second kappa shape index (κ2) is 7.94. The number of fused-ring (bicyclic) bond motifs is 1. The zero-order chi connectivity index (χ0) is 20.2. The third-order valence-electron chi connectivity index (χ3n) is 3.31. The van der Waals surface area contributed by atoms with Gasteiger partial charge in [0.15, 0.2) is 0 Å². The molecule has 0 unspecified atom stereocenters. The van der Waals surface area contributed by atoms with Crippen LogP contribution in [0.1, 0.15) is 19.4 Å². The van der Waals surface area contributed by atoms with Crippen LogP contribution in [-0.4, -0.2) is 30.4 Å². The van der Waals surface area contributed by atoms with E-state index in [0.29, 0.717) is 5.39 Å². The number of nitrogens with two attached hydrogens (primary N) is 1. The Labute approximate surface area is 152 Å². The molecule has 0 aliphatic heterocycles. The molecule has 0 heterocycles. The zero-order valence-electron chi connectivity index (χ0n) is 14.4. The van der Waals surface area contributed by atoms with Gasteiger partial charge >= 0.3 is 18.2 Å². The maximum Gasteiger partial charge on any atom is 0.493 e. The number of carbonyl (C=O) groups excluding carboxylic acids is 2. The van der Waals surface area contributed by atoms with Gasteiger partial charge in [-0.05, 0) is 48.4 Å². The molecular weight excluding hydrogens is 365 g/mol. The summed E-state index contributed by atoms with van der Waals surface area (Å²) in [6.45, 7) is 3.23. The third-order valence-corrected chi connectivity index (χ3v) is 3.31. The summed E-state index contributed by atoms with van der Waals surface area (Å²) in [5.41, 5.74) is 0.675. The number of nitrogens with one attached hydrogen (secondary N) is 1. The van der Waals surface area contributed by atoms with Gasteiger partial charge in [-0.3, -0.25) is 0 Å². The highest BCUT2D eigenvalue weighted by atomic mass is 19.4. The topological polar surface area (TPSA) is 97.0 Å². The molecule has 0 aromatic heterocycles. The van der Waals surface area contributed by atoms with E-state index in [-0.39, 0.29) is 16.8 Å². The number of nitrogens with zero attached hydrogens (tertiary/aromatic N) is 2. The van der Waals surface area contributed by atoms with Gasteiger partial charge in [-0.2, -0.15) is 18.3 Å². The van der Waals surface area contributed by atoms with Crippen LogP contribution in [0.25, 0.3) is 10.8 Å². The SMILES string of the molecule is CC(C)NC(=O)N(OC(=O)C(F)(F)F)c1ccc2cc(/C=N/N)ccc2c1. The largest absolute Gasteiger partial charge is 0.493 e. The molecule has 144 valence electrons. The van der Waals surface area contributed by atoms with Crippen molar-refractivity contribution in [3.8, 4) is 0 Å². The number of amides is 2. The molecule has 10 heteroatoms. The Morgan fingerprint density at radius 3 is 2.41 bits per heavy atom. The number of urea groups is 1. The molecular formula is C17H17F3N4O3. The van der Waals surface area contributed by atoms with Crippen molar-refractivity contribution >= 4 is 34.7 Å². The number of carbonyl (C=O) groups is 2. The average Bonchev–Trinajstić information content (AvgIpc) is 2.57. The molecule has 0 aliphatic rings. The molecule has 7 nitrogen and oxygen atoms in total. The Hall–Kier alpha value is -3.30. The van der Waals surface area contributed by atoms with Crippen LogP contribution in [0.5, 0.6) is 0 Å². The lowest BCUT2D eigenvalue weighted by Crippen LogP contribution is -2.46. The Morgan fingerprint density at radius 1 is 1.19 bits per heavy atom. The second-order valence-electron chi connectivity index (χ2n) is 5.84. The minimum atomic E-state index is -5.25. The standard InChI is InChI=1S/C17H17F3N4O3/c1-10(2)23-16(26)24(27-15(25)17(18,19)20)14-6-5-12-7-11(9-22-21)3-4-13(12)8-14/h3-10H,21H2,1-2H3,(H,23,26)/b22-9+. The number of alkyl halides is 3. The van der Waals surface area contributed by atoms with Gasteiger partial charge in [0.25, 0.3) is 0 Å². The fraction of sp³-hybridized carbons (Fsp3) is 0.235. The van der Waals surface area contributed by atoms with Crippen LogP contribution in [0.3, 0.4) is 0 Å². The minimum absolute atomic E-state index is 0.0431. The van der Waals surface area contributed by atoms with E-state index in [1.165, 1.54) is 18.3 Å². The number of halogens is 3. The van der Waals surface area contributed by atoms with Crippen molar-refractivity contribution in [2.75, 3.05) is 5.06 Å². The number of benzene rings is 2. The van der Waals surface area contributed by atoms with Gasteiger partial charge < -0.3 is 16.0 Å².